The standard InChI is InChI=1S/C16H17NO4/c1-10-7-8-14(15(18)17-10)16(19)21-11(2)12-5-4-6-13(9-12)20-3/h4-9,11H,1-3H3,(H,17,18)/t11-/m1/s1. The first kappa shape index (κ1) is 14.8. The lowest BCUT2D eigenvalue weighted by molar-refractivity contribution is 0.0335. The lowest BCUT2D eigenvalue weighted by atomic mass is 10.1. The van der Waals surface area contributed by atoms with E-state index in [0.29, 0.717) is 11.4 Å². The molecule has 5 nitrogen and oxygen atoms in total. The average molecular weight is 287 g/mol. The Morgan fingerprint density at radius 2 is 2.00 bits per heavy atom. The zero-order valence-corrected chi connectivity index (χ0v) is 12.2. The molecule has 0 aliphatic heterocycles. The fourth-order valence-electron chi connectivity index (χ4n) is 1.92. The largest absolute Gasteiger partial charge is 0.497 e. The number of nitrogens with one attached hydrogen (secondary N) is 1. The minimum atomic E-state index is -0.647. The fraction of sp³-hybridized carbons (Fsp3) is 0.250. The molecule has 2 aromatic rings. The van der Waals surface area contributed by atoms with Gasteiger partial charge >= 0.3 is 5.97 Å². The van der Waals surface area contributed by atoms with Gasteiger partial charge in [-0.3, -0.25) is 4.79 Å². The van der Waals surface area contributed by atoms with Gasteiger partial charge in [0.05, 0.1) is 7.11 Å². The molecule has 21 heavy (non-hydrogen) atoms. The summed E-state index contributed by atoms with van der Waals surface area (Å²) >= 11 is 0. The summed E-state index contributed by atoms with van der Waals surface area (Å²) < 4.78 is 10.5. The lowest BCUT2D eigenvalue weighted by Crippen LogP contribution is -2.21. The predicted molar refractivity (Wildman–Crippen MR) is 78.6 cm³/mol. The van der Waals surface area contributed by atoms with Crippen LogP contribution in [0.4, 0.5) is 0 Å². The topological polar surface area (TPSA) is 68.4 Å². The predicted octanol–water partition coefficient (Wildman–Crippen LogP) is 2.61. The summed E-state index contributed by atoms with van der Waals surface area (Å²) in [6.07, 6.45) is -0.478. The quantitative estimate of drug-likeness (QED) is 0.878. The molecule has 1 atom stereocenters. The Morgan fingerprint density at radius 1 is 1.24 bits per heavy atom. The molecule has 0 radical (unpaired) electrons. The van der Waals surface area contributed by atoms with Crippen molar-refractivity contribution in [3.8, 4) is 5.75 Å². The van der Waals surface area contributed by atoms with E-state index in [1.165, 1.54) is 6.07 Å². The highest BCUT2D eigenvalue weighted by atomic mass is 16.5. The van der Waals surface area contributed by atoms with Gasteiger partial charge in [-0.2, -0.15) is 0 Å². The van der Waals surface area contributed by atoms with Crippen LogP contribution in [0.5, 0.6) is 5.75 Å². The number of carbonyl (C=O) groups is 1. The van der Waals surface area contributed by atoms with Gasteiger partial charge in [0.15, 0.2) is 0 Å². The van der Waals surface area contributed by atoms with Crippen molar-refractivity contribution in [1.82, 2.24) is 4.98 Å². The van der Waals surface area contributed by atoms with Crippen LogP contribution in [0.25, 0.3) is 0 Å². The molecule has 0 amide bonds. The second-order valence-corrected chi connectivity index (χ2v) is 4.71. The average Bonchev–Trinajstić information content (AvgIpc) is 2.47. The number of pyridine rings is 1. The van der Waals surface area contributed by atoms with Gasteiger partial charge in [-0.1, -0.05) is 12.1 Å². The van der Waals surface area contributed by atoms with Gasteiger partial charge in [0.25, 0.3) is 5.56 Å². The summed E-state index contributed by atoms with van der Waals surface area (Å²) in [5, 5.41) is 0. The number of aromatic nitrogens is 1. The summed E-state index contributed by atoms with van der Waals surface area (Å²) in [5.74, 6) is 0.0372. The third-order valence-electron chi connectivity index (χ3n) is 3.12. The molecule has 0 saturated heterocycles. The Bertz CT molecular complexity index is 705. The molecule has 0 saturated carbocycles. The first-order chi connectivity index (χ1) is 10.0. The van der Waals surface area contributed by atoms with Crippen molar-refractivity contribution in [1.29, 1.82) is 0 Å². The number of rotatable bonds is 4. The van der Waals surface area contributed by atoms with Crippen LogP contribution in [0, 0.1) is 6.92 Å². The maximum atomic E-state index is 12.0. The van der Waals surface area contributed by atoms with E-state index in [4.69, 9.17) is 9.47 Å². The molecule has 2 rings (SSSR count). The molecular weight excluding hydrogens is 270 g/mol. The normalized spacial score (nSPS) is 11.8. The first-order valence-corrected chi connectivity index (χ1v) is 6.56. The fourth-order valence-corrected chi connectivity index (χ4v) is 1.92. The van der Waals surface area contributed by atoms with Gasteiger partial charge in [0, 0.05) is 5.69 Å². The van der Waals surface area contributed by atoms with E-state index in [2.05, 4.69) is 4.98 Å². The summed E-state index contributed by atoms with van der Waals surface area (Å²) in [6, 6.07) is 10.4. The van der Waals surface area contributed by atoms with Crippen molar-refractivity contribution in [2.24, 2.45) is 0 Å². The maximum Gasteiger partial charge on any atom is 0.344 e. The van der Waals surface area contributed by atoms with Gasteiger partial charge in [-0.05, 0) is 43.7 Å². The third-order valence-corrected chi connectivity index (χ3v) is 3.12. The van der Waals surface area contributed by atoms with E-state index in [-0.39, 0.29) is 5.56 Å². The number of benzene rings is 1. The van der Waals surface area contributed by atoms with Crippen LogP contribution >= 0.6 is 0 Å². The van der Waals surface area contributed by atoms with E-state index in [9.17, 15) is 9.59 Å². The number of ether oxygens (including phenoxy) is 2. The highest BCUT2D eigenvalue weighted by Gasteiger charge is 2.17. The molecule has 0 aliphatic rings. The van der Waals surface area contributed by atoms with Crippen LogP contribution < -0.4 is 10.3 Å². The highest BCUT2D eigenvalue weighted by Crippen LogP contribution is 2.22. The van der Waals surface area contributed by atoms with Gasteiger partial charge in [0.1, 0.15) is 17.4 Å². The van der Waals surface area contributed by atoms with Gasteiger partial charge in [-0.15, -0.1) is 0 Å². The van der Waals surface area contributed by atoms with E-state index < -0.39 is 17.6 Å². The Hall–Kier alpha value is -2.56. The number of methoxy groups -OCH3 is 1. The third kappa shape index (κ3) is 3.51. The van der Waals surface area contributed by atoms with Gasteiger partial charge in [-0.25, -0.2) is 4.79 Å². The summed E-state index contributed by atoms with van der Waals surface area (Å²) in [5.41, 5.74) is 1.04. The number of carbonyl (C=O) groups excluding carboxylic acids is 1. The number of hydrogen-bond donors (Lipinski definition) is 1. The Labute approximate surface area is 122 Å². The van der Waals surface area contributed by atoms with Crippen LogP contribution in [0.3, 0.4) is 0 Å². The molecule has 0 spiro atoms. The van der Waals surface area contributed by atoms with Crippen molar-refractivity contribution in [2.75, 3.05) is 7.11 Å². The number of esters is 1. The zero-order valence-electron chi connectivity index (χ0n) is 12.2. The monoisotopic (exact) mass is 287 g/mol. The van der Waals surface area contributed by atoms with E-state index >= 15 is 0 Å². The molecule has 0 fully saturated rings. The van der Waals surface area contributed by atoms with Crippen LogP contribution in [-0.2, 0) is 4.74 Å². The van der Waals surface area contributed by atoms with E-state index in [1.807, 2.05) is 18.2 Å². The van der Waals surface area contributed by atoms with E-state index in [1.54, 1.807) is 33.1 Å². The Kier molecular flexibility index (Phi) is 4.42. The molecule has 0 unspecified atom stereocenters. The second kappa shape index (κ2) is 6.26. The molecule has 0 bridgehead atoms. The van der Waals surface area contributed by atoms with Crippen LogP contribution in [-0.4, -0.2) is 18.1 Å². The molecule has 5 heteroatoms. The van der Waals surface area contributed by atoms with Crippen LogP contribution in [0.2, 0.25) is 0 Å². The van der Waals surface area contributed by atoms with Gasteiger partial charge < -0.3 is 14.5 Å². The van der Waals surface area contributed by atoms with Crippen molar-refractivity contribution in [2.45, 2.75) is 20.0 Å². The summed E-state index contributed by atoms with van der Waals surface area (Å²) in [6.45, 7) is 3.49. The molecule has 1 N–H and O–H groups in total. The smallest absolute Gasteiger partial charge is 0.344 e. The number of H-pyrrole nitrogens is 1. The number of aromatic amines is 1. The van der Waals surface area contributed by atoms with Crippen molar-refractivity contribution in [3.05, 3.63) is 63.6 Å². The second-order valence-electron chi connectivity index (χ2n) is 4.71. The highest BCUT2D eigenvalue weighted by molar-refractivity contribution is 5.89. The maximum absolute atomic E-state index is 12.0. The Balaban J connectivity index is 2.16. The number of aryl methyl sites for hydroxylation is 1. The zero-order chi connectivity index (χ0) is 15.4. The minimum absolute atomic E-state index is 0.00431. The molecule has 0 aliphatic carbocycles. The van der Waals surface area contributed by atoms with E-state index in [0.717, 1.165) is 5.56 Å². The molecule has 1 aromatic carbocycles. The molecular formula is C16H17NO4. The van der Waals surface area contributed by atoms with Gasteiger partial charge in [0.2, 0.25) is 0 Å². The van der Waals surface area contributed by atoms with Crippen LogP contribution in [0.15, 0.2) is 41.2 Å². The van der Waals surface area contributed by atoms with Crippen molar-refractivity contribution in [3.63, 3.8) is 0 Å². The lowest BCUT2D eigenvalue weighted by Gasteiger charge is -2.14. The molecule has 1 aromatic heterocycles. The minimum Gasteiger partial charge on any atom is -0.497 e. The van der Waals surface area contributed by atoms with Crippen molar-refractivity contribution < 1.29 is 14.3 Å². The summed E-state index contributed by atoms with van der Waals surface area (Å²) in [4.78, 5) is 26.3. The van der Waals surface area contributed by atoms with Crippen LogP contribution in [0.1, 0.15) is 34.6 Å². The number of hydrogen-bond acceptors (Lipinski definition) is 4. The first-order valence-electron chi connectivity index (χ1n) is 6.56. The SMILES string of the molecule is COc1cccc([C@@H](C)OC(=O)c2ccc(C)[nH]c2=O)c1. The Morgan fingerprint density at radius 3 is 2.67 bits per heavy atom. The molecule has 110 valence electrons. The van der Waals surface area contributed by atoms with Crippen molar-refractivity contribution >= 4 is 5.97 Å². The summed E-state index contributed by atoms with van der Waals surface area (Å²) in [7, 11) is 1.57. The molecule has 1 heterocycles.